The van der Waals surface area contributed by atoms with Gasteiger partial charge in [-0.2, -0.15) is 0 Å². The normalized spacial score (nSPS) is 12.1. The highest BCUT2D eigenvalue weighted by Gasteiger charge is 2.06. The Bertz CT molecular complexity index is 124. The van der Waals surface area contributed by atoms with Gasteiger partial charge in [-0.1, -0.05) is 6.92 Å². The van der Waals surface area contributed by atoms with Crippen molar-refractivity contribution in [2.45, 2.75) is 25.8 Å². The summed E-state index contributed by atoms with van der Waals surface area (Å²) in [5.74, 6) is 0. The number of hydrogen-bond donors (Lipinski definition) is 2. The van der Waals surface area contributed by atoms with Crippen LogP contribution in [0.15, 0.2) is 0 Å². The molecule has 58 valence electrons. The fourth-order valence-electron chi connectivity index (χ4n) is 0.618. The van der Waals surface area contributed by atoms with E-state index in [0.29, 0.717) is 12.7 Å². The van der Waals surface area contributed by atoms with Crippen molar-refractivity contribution in [3.63, 3.8) is 0 Å². The Morgan fingerprint density at radius 3 is 2.70 bits per heavy atom. The van der Waals surface area contributed by atoms with Gasteiger partial charge in [0.25, 0.3) is 0 Å². The number of carbonyl (C=O) groups excluding carboxylic acids is 1. The molecule has 0 aromatic heterocycles. The van der Waals surface area contributed by atoms with Crippen molar-refractivity contribution in [3.8, 4) is 0 Å². The summed E-state index contributed by atoms with van der Waals surface area (Å²) in [6.07, 6.45) is 0.534. The third-order valence-corrected chi connectivity index (χ3v) is 1.20. The second kappa shape index (κ2) is 4.78. The second-order valence-electron chi connectivity index (χ2n) is 1.96. The van der Waals surface area contributed by atoms with Gasteiger partial charge in [-0.25, -0.2) is 4.79 Å². The Balaban J connectivity index is 3.59. The van der Waals surface area contributed by atoms with Gasteiger partial charge in [-0.3, -0.25) is 0 Å². The van der Waals surface area contributed by atoms with Crippen LogP contribution < -0.4 is 5.32 Å². The highest BCUT2D eigenvalue weighted by atomic mass is 16.4. The van der Waals surface area contributed by atoms with Crippen LogP contribution in [0.1, 0.15) is 19.8 Å². The standard InChI is InChI=1S/C6H11NO3/c1-2-5(3-4-8)7-6(9)10/h4-5,7H,2-3H2,1H3,(H,9,10). The summed E-state index contributed by atoms with van der Waals surface area (Å²) in [5.41, 5.74) is 0. The quantitative estimate of drug-likeness (QED) is 0.570. The highest BCUT2D eigenvalue weighted by molar-refractivity contribution is 5.65. The fraction of sp³-hybridized carbons (Fsp3) is 0.667. The maximum Gasteiger partial charge on any atom is 0.404 e. The molecule has 0 radical (unpaired) electrons. The van der Waals surface area contributed by atoms with E-state index in [0.717, 1.165) is 0 Å². The van der Waals surface area contributed by atoms with E-state index in [4.69, 9.17) is 5.11 Å². The summed E-state index contributed by atoms with van der Waals surface area (Å²) < 4.78 is 0. The summed E-state index contributed by atoms with van der Waals surface area (Å²) in [6.45, 7) is 1.82. The van der Waals surface area contributed by atoms with Crippen LogP contribution in [-0.4, -0.2) is 23.5 Å². The lowest BCUT2D eigenvalue weighted by atomic mass is 10.2. The van der Waals surface area contributed by atoms with Crippen LogP contribution in [0.3, 0.4) is 0 Å². The van der Waals surface area contributed by atoms with Gasteiger partial charge in [0.1, 0.15) is 6.29 Å². The smallest absolute Gasteiger partial charge is 0.404 e. The van der Waals surface area contributed by atoms with Crippen molar-refractivity contribution < 1.29 is 14.7 Å². The highest BCUT2D eigenvalue weighted by Crippen LogP contribution is 1.93. The maximum atomic E-state index is 10.0. The van der Waals surface area contributed by atoms with Gasteiger partial charge in [0.2, 0.25) is 0 Å². The van der Waals surface area contributed by atoms with Gasteiger partial charge in [0, 0.05) is 12.5 Å². The number of carbonyl (C=O) groups is 2. The summed E-state index contributed by atoms with van der Waals surface area (Å²) in [5, 5.41) is 10.4. The van der Waals surface area contributed by atoms with Crippen molar-refractivity contribution in [1.82, 2.24) is 5.32 Å². The summed E-state index contributed by atoms with van der Waals surface area (Å²) in [7, 11) is 0. The third-order valence-electron chi connectivity index (χ3n) is 1.20. The molecule has 0 aliphatic heterocycles. The third kappa shape index (κ3) is 3.88. The Kier molecular flexibility index (Phi) is 4.28. The molecular weight excluding hydrogens is 134 g/mol. The van der Waals surface area contributed by atoms with E-state index in [1.54, 1.807) is 0 Å². The molecule has 0 saturated carbocycles. The minimum absolute atomic E-state index is 0.227. The van der Waals surface area contributed by atoms with E-state index >= 15 is 0 Å². The van der Waals surface area contributed by atoms with Crippen molar-refractivity contribution in [1.29, 1.82) is 0 Å². The molecule has 1 atom stereocenters. The SMILES string of the molecule is CCC(CC=O)NC(=O)O. The first-order chi connectivity index (χ1) is 4.70. The molecule has 0 aromatic carbocycles. The molecule has 0 saturated heterocycles. The van der Waals surface area contributed by atoms with Gasteiger partial charge >= 0.3 is 6.09 Å². The van der Waals surface area contributed by atoms with Crippen LogP contribution >= 0.6 is 0 Å². The zero-order valence-corrected chi connectivity index (χ0v) is 5.83. The number of rotatable bonds is 4. The minimum Gasteiger partial charge on any atom is -0.465 e. The average molecular weight is 145 g/mol. The first-order valence-corrected chi connectivity index (χ1v) is 3.13. The zero-order chi connectivity index (χ0) is 7.98. The van der Waals surface area contributed by atoms with E-state index in [1.165, 1.54) is 0 Å². The van der Waals surface area contributed by atoms with E-state index < -0.39 is 6.09 Å². The molecular formula is C6H11NO3. The summed E-state index contributed by atoms with van der Waals surface area (Å²) in [4.78, 5) is 19.9. The van der Waals surface area contributed by atoms with Crippen LogP contribution in [-0.2, 0) is 4.79 Å². The van der Waals surface area contributed by atoms with Crippen LogP contribution in [0.4, 0.5) is 4.79 Å². The van der Waals surface area contributed by atoms with Crippen LogP contribution in [0.5, 0.6) is 0 Å². The van der Waals surface area contributed by atoms with Crippen molar-refractivity contribution in [2.75, 3.05) is 0 Å². The average Bonchev–Trinajstić information content (AvgIpc) is 1.86. The van der Waals surface area contributed by atoms with Crippen LogP contribution in [0.25, 0.3) is 0 Å². The number of amides is 1. The number of aldehydes is 1. The predicted octanol–water partition coefficient (Wildman–Crippen LogP) is 0.622. The molecule has 0 fully saturated rings. The van der Waals surface area contributed by atoms with Gasteiger partial charge in [-0.15, -0.1) is 0 Å². The van der Waals surface area contributed by atoms with Crippen molar-refractivity contribution in [2.24, 2.45) is 0 Å². The van der Waals surface area contributed by atoms with Gasteiger partial charge < -0.3 is 15.2 Å². The largest absolute Gasteiger partial charge is 0.465 e. The van der Waals surface area contributed by atoms with Crippen molar-refractivity contribution in [3.05, 3.63) is 0 Å². The molecule has 0 aliphatic rings. The Morgan fingerprint density at radius 2 is 2.40 bits per heavy atom. The Labute approximate surface area is 59.2 Å². The fourth-order valence-corrected chi connectivity index (χ4v) is 0.618. The minimum atomic E-state index is -1.08. The molecule has 0 aromatic rings. The van der Waals surface area contributed by atoms with Gasteiger partial charge in [0.05, 0.1) is 0 Å². The molecule has 4 heteroatoms. The Morgan fingerprint density at radius 1 is 1.80 bits per heavy atom. The number of carboxylic acid groups (broad SMARTS) is 1. The molecule has 10 heavy (non-hydrogen) atoms. The molecule has 1 unspecified atom stereocenters. The Hall–Kier alpha value is -1.06. The van der Waals surface area contributed by atoms with E-state index in [9.17, 15) is 9.59 Å². The van der Waals surface area contributed by atoms with E-state index in [1.807, 2.05) is 6.92 Å². The molecule has 1 amide bonds. The molecule has 2 N–H and O–H groups in total. The van der Waals surface area contributed by atoms with Crippen molar-refractivity contribution >= 4 is 12.4 Å². The summed E-state index contributed by atoms with van der Waals surface area (Å²) in [6, 6.07) is -0.227. The van der Waals surface area contributed by atoms with Crippen LogP contribution in [0, 0.1) is 0 Å². The predicted molar refractivity (Wildman–Crippen MR) is 35.9 cm³/mol. The first kappa shape index (κ1) is 8.94. The number of hydrogen-bond acceptors (Lipinski definition) is 2. The van der Waals surface area contributed by atoms with Crippen LogP contribution in [0.2, 0.25) is 0 Å². The lowest BCUT2D eigenvalue weighted by Gasteiger charge is -2.09. The molecule has 0 rings (SSSR count). The lowest BCUT2D eigenvalue weighted by Crippen LogP contribution is -2.33. The maximum absolute atomic E-state index is 10.0. The second-order valence-corrected chi connectivity index (χ2v) is 1.96. The molecule has 0 bridgehead atoms. The molecule has 4 nitrogen and oxygen atoms in total. The molecule has 0 heterocycles. The monoisotopic (exact) mass is 145 g/mol. The summed E-state index contributed by atoms with van der Waals surface area (Å²) >= 11 is 0. The number of nitrogens with one attached hydrogen (secondary N) is 1. The van der Waals surface area contributed by atoms with Gasteiger partial charge in [-0.05, 0) is 6.42 Å². The topological polar surface area (TPSA) is 66.4 Å². The lowest BCUT2D eigenvalue weighted by molar-refractivity contribution is -0.108. The van der Waals surface area contributed by atoms with Gasteiger partial charge in [0.15, 0.2) is 0 Å². The molecule has 0 spiro atoms. The van der Waals surface area contributed by atoms with E-state index in [2.05, 4.69) is 5.32 Å². The van der Waals surface area contributed by atoms with E-state index in [-0.39, 0.29) is 12.5 Å². The molecule has 0 aliphatic carbocycles. The zero-order valence-electron chi connectivity index (χ0n) is 5.83. The first-order valence-electron chi connectivity index (χ1n) is 3.13.